The van der Waals surface area contributed by atoms with E-state index in [0.717, 1.165) is 34.6 Å². The minimum Gasteiger partial charge on any atom is -0.406 e. The normalized spacial score (nSPS) is 14.2. The average Bonchev–Trinajstić information content (AvgIpc) is 3.29. The van der Waals surface area contributed by atoms with Crippen LogP contribution in [0.15, 0.2) is 60.9 Å². The first-order valence-corrected chi connectivity index (χ1v) is 11.4. The number of hydrogen-bond donors (Lipinski definition) is 2. The predicted octanol–water partition coefficient (Wildman–Crippen LogP) is 5.53. The summed E-state index contributed by atoms with van der Waals surface area (Å²) < 4.78 is 40.8. The van der Waals surface area contributed by atoms with Crippen LogP contribution in [0.3, 0.4) is 0 Å². The fraction of sp³-hybridized carbons (Fsp3) is 0.208. The van der Waals surface area contributed by atoms with E-state index in [1.807, 2.05) is 30.3 Å². The number of fused-ring (bicyclic) bond motifs is 1. The number of benzene rings is 2. The quantitative estimate of drug-likeness (QED) is 0.372. The smallest absolute Gasteiger partial charge is 0.406 e. The topological polar surface area (TPSA) is 86.4 Å². The van der Waals surface area contributed by atoms with E-state index >= 15 is 0 Å². The van der Waals surface area contributed by atoms with Gasteiger partial charge in [0, 0.05) is 42.6 Å². The molecule has 2 aromatic heterocycles. The molecule has 3 heterocycles. The third-order valence-corrected chi connectivity index (χ3v) is 6.02. The lowest BCUT2D eigenvalue weighted by molar-refractivity contribution is -0.274. The Morgan fingerprint density at radius 3 is 2.36 bits per heavy atom. The van der Waals surface area contributed by atoms with E-state index in [4.69, 9.17) is 11.6 Å². The molecular formula is C24H20ClF3N6O2. The van der Waals surface area contributed by atoms with Crippen molar-refractivity contribution in [3.8, 4) is 17.0 Å². The van der Waals surface area contributed by atoms with E-state index in [1.165, 1.54) is 18.5 Å². The lowest BCUT2D eigenvalue weighted by atomic mass is 10.1. The number of hydrogen-bond acceptors (Lipinski definition) is 5. The van der Waals surface area contributed by atoms with Gasteiger partial charge in [-0.15, -0.1) is 13.2 Å². The summed E-state index contributed by atoms with van der Waals surface area (Å²) in [5.41, 5.74) is 2.95. The second-order valence-corrected chi connectivity index (χ2v) is 8.56. The lowest BCUT2D eigenvalue weighted by Crippen LogP contribution is -2.50. The van der Waals surface area contributed by atoms with Crippen LogP contribution in [0, 0.1) is 0 Å². The molecule has 5 rings (SSSR count). The number of aromatic amines is 1. The Kier molecular flexibility index (Phi) is 6.31. The summed E-state index contributed by atoms with van der Waals surface area (Å²) in [4.78, 5) is 28.6. The van der Waals surface area contributed by atoms with Crippen molar-refractivity contribution in [2.45, 2.75) is 6.36 Å². The van der Waals surface area contributed by atoms with Crippen molar-refractivity contribution < 1.29 is 22.7 Å². The van der Waals surface area contributed by atoms with Gasteiger partial charge in [0.15, 0.2) is 0 Å². The van der Waals surface area contributed by atoms with Gasteiger partial charge in [0.1, 0.15) is 23.5 Å². The van der Waals surface area contributed by atoms with Crippen LogP contribution in [0.4, 0.5) is 29.5 Å². The van der Waals surface area contributed by atoms with Crippen LogP contribution < -0.4 is 15.0 Å². The van der Waals surface area contributed by atoms with Crippen molar-refractivity contribution in [3.05, 3.63) is 65.9 Å². The Balaban J connectivity index is 1.23. The van der Waals surface area contributed by atoms with Crippen LogP contribution in [-0.2, 0) is 0 Å². The van der Waals surface area contributed by atoms with Gasteiger partial charge in [0.2, 0.25) is 0 Å². The molecule has 0 spiro atoms. The molecule has 0 atom stereocenters. The maximum absolute atomic E-state index is 12.7. The Morgan fingerprint density at radius 1 is 1.00 bits per heavy atom. The molecule has 0 bridgehead atoms. The van der Waals surface area contributed by atoms with Crippen LogP contribution in [0.5, 0.6) is 5.75 Å². The van der Waals surface area contributed by atoms with Crippen LogP contribution in [0.2, 0.25) is 5.02 Å². The second kappa shape index (κ2) is 9.57. The lowest BCUT2D eigenvalue weighted by Gasteiger charge is -2.35. The number of carbonyl (C=O) groups excluding carboxylic acids is 1. The molecule has 2 aromatic carbocycles. The van der Waals surface area contributed by atoms with Gasteiger partial charge in [0.05, 0.1) is 5.39 Å². The van der Waals surface area contributed by atoms with Crippen LogP contribution in [0.25, 0.3) is 22.3 Å². The maximum Gasteiger partial charge on any atom is 0.573 e. The highest BCUT2D eigenvalue weighted by atomic mass is 35.5. The molecule has 36 heavy (non-hydrogen) atoms. The molecular weight excluding hydrogens is 497 g/mol. The molecule has 0 aliphatic carbocycles. The average molecular weight is 517 g/mol. The summed E-state index contributed by atoms with van der Waals surface area (Å²) in [5.74, 6) is 0.422. The third kappa shape index (κ3) is 5.30. The minimum absolute atomic E-state index is 0.335. The van der Waals surface area contributed by atoms with Crippen molar-refractivity contribution in [2.75, 3.05) is 36.4 Å². The highest BCUT2D eigenvalue weighted by Crippen LogP contribution is 2.30. The number of alkyl halides is 3. The number of carbonyl (C=O) groups is 1. The number of aromatic nitrogens is 3. The minimum atomic E-state index is -4.77. The van der Waals surface area contributed by atoms with Crippen LogP contribution in [0.1, 0.15) is 0 Å². The summed E-state index contributed by atoms with van der Waals surface area (Å²) in [6.07, 6.45) is -3.26. The van der Waals surface area contributed by atoms with Crippen LogP contribution in [-0.4, -0.2) is 58.4 Å². The largest absolute Gasteiger partial charge is 0.573 e. The Morgan fingerprint density at radius 2 is 1.69 bits per heavy atom. The van der Waals surface area contributed by atoms with Gasteiger partial charge in [-0.05, 0) is 48.0 Å². The first-order valence-electron chi connectivity index (χ1n) is 11.0. The van der Waals surface area contributed by atoms with Gasteiger partial charge in [0.25, 0.3) is 0 Å². The van der Waals surface area contributed by atoms with Crippen LogP contribution >= 0.6 is 11.6 Å². The summed E-state index contributed by atoms with van der Waals surface area (Å²) >= 11 is 6.00. The van der Waals surface area contributed by atoms with E-state index in [-0.39, 0.29) is 11.8 Å². The number of nitrogens with one attached hydrogen (secondary N) is 2. The Bertz CT molecular complexity index is 1370. The zero-order valence-corrected chi connectivity index (χ0v) is 19.5. The van der Waals surface area contributed by atoms with E-state index < -0.39 is 6.36 Å². The highest BCUT2D eigenvalue weighted by Gasteiger charge is 2.31. The Hall–Kier alpha value is -3.99. The fourth-order valence-corrected chi connectivity index (χ4v) is 4.15. The highest BCUT2D eigenvalue weighted by molar-refractivity contribution is 6.30. The monoisotopic (exact) mass is 516 g/mol. The molecule has 1 aliphatic rings. The van der Waals surface area contributed by atoms with Crippen molar-refractivity contribution in [1.29, 1.82) is 0 Å². The molecule has 2 amide bonds. The third-order valence-electron chi connectivity index (χ3n) is 5.77. The molecule has 1 saturated heterocycles. The molecule has 0 saturated carbocycles. The number of anilines is 2. The number of rotatable bonds is 4. The van der Waals surface area contributed by atoms with Gasteiger partial charge in [-0.3, -0.25) is 0 Å². The Labute approximate surface area is 208 Å². The molecule has 0 unspecified atom stereocenters. The summed E-state index contributed by atoms with van der Waals surface area (Å²) in [6, 6.07) is 14.2. The van der Waals surface area contributed by atoms with Gasteiger partial charge in [-0.2, -0.15) is 0 Å². The maximum atomic E-state index is 12.7. The molecule has 1 fully saturated rings. The van der Waals surface area contributed by atoms with Crippen molar-refractivity contribution in [2.24, 2.45) is 0 Å². The SMILES string of the molecule is O=C(Nc1ccc(OC(F)(F)F)cc1)N1CCN(c2ncnc3[nH]c(-c4ccc(Cl)cc4)cc23)CC1. The first-order chi connectivity index (χ1) is 17.2. The summed E-state index contributed by atoms with van der Waals surface area (Å²) in [7, 11) is 0. The van der Waals surface area contributed by atoms with Gasteiger partial charge in [-0.1, -0.05) is 23.7 Å². The number of piperazine rings is 1. The molecule has 8 nitrogen and oxygen atoms in total. The number of ether oxygens (including phenoxy) is 1. The van der Waals surface area contributed by atoms with Crippen molar-refractivity contribution in [1.82, 2.24) is 19.9 Å². The van der Waals surface area contributed by atoms with Crippen molar-refractivity contribution >= 4 is 40.2 Å². The molecule has 12 heteroatoms. The number of nitrogens with zero attached hydrogens (tertiary/aromatic N) is 4. The number of halogens is 4. The molecule has 0 radical (unpaired) electrons. The molecule has 1 aliphatic heterocycles. The predicted molar refractivity (Wildman–Crippen MR) is 130 cm³/mol. The second-order valence-electron chi connectivity index (χ2n) is 8.13. The van der Waals surface area contributed by atoms with E-state index in [9.17, 15) is 18.0 Å². The molecule has 186 valence electrons. The molecule has 4 aromatic rings. The zero-order chi connectivity index (χ0) is 25.3. The van der Waals surface area contributed by atoms with E-state index in [1.54, 1.807) is 4.90 Å². The van der Waals surface area contributed by atoms with Crippen molar-refractivity contribution in [3.63, 3.8) is 0 Å². The summed E-state index contributed by atoms with van der Waals surface area (Å²) in [6.45, 7) is 2.00. The van der Waals surface area contributed by atoms with Gasteiger partial charge < -0.3 is 24.8 Å². The van der Waals surface area contributed by atoms with E-state index in [2.05, 4.69) is 29.9 Å². The number of urea groups is 1. The zero-order valence-electron chi connectivity index (χ0n) is 18.7. The number of H-pyrrole nitrogens is 1. The van der Waals surface area contributed by atoms with Gasteiger partial charge >= 0.3 is 12.4 Å². The van der Waals surface area contributed by atoms with E-state index in [0.29, 0.717) is 42.5 Å². The standard InChI is InChI=1S/C24H20ClF3N6O2/c25-16-3-1-15(2-4-16)20-13-19-21(32-20)29-14-30-22(19)33-9-11-34(12-10-33)23(35)31-17-5-7-18(8-6-17)36-24(26,27)28/h1-8,13-14H,9-12H2,(H,31,35)(H,29,30,32). The fourth-order valence-electron chi connectivity index (χ4n) is 4.03. The van der Waals surface area contributed by atoms with Gasteiger partial charge in [-0.25, -0.2) is 14.8 Å². The number of amides is 2. The molecule has 2 N–H and O–H groups in total. The first kappa shape index (κ1) is 23.7. The summed E-state index contributed by atoms with van der Waals surface area (Å²) in [5, 5.41) is 4.24.